The first-order chi connectivity index (χ1) is 18.3. The third-order valence-electron chi connectivity index (χ3n) is 7.69. The fourth-order valence-corrected chi connectivity index (χ4v) is 5.93. The van der Waals surface area contributed by atoms with Crippen LogP contribution in [0.4, 0.5) is 18.9 Å². The molecule has 3 aromatic rings. The molecule has 2 aromatic carbocycles. The van der Waals surface area contributed by atoms with Crippen LogP contribution in [0, 0.1) is 11.6 Å². The molecule has 5 rings (SSSR count). The Labute approximate surface area is 220 Å². The minimum Gasteiger partial charge on any atom is -0.380 e. The van der Waals surface area contributed by atoms with Gasteiger partial charge in [-0.15, -0.1) is 0 Å². The van der Waals surface area contributed by atoms with Crippen molar-refractivity contribution in [2.45, 2.75) is 50.7 Å². The number of fused-ring (bicyclic) bond motifs is 3. The van der Waals surface area contributed by atoms with Crippen LogP contribution in [0.2, 0.25) is 0 Å². The molecule has 1 aromatic heterocycles. The number of anilines is 1. The second kappa shape index (κ2) is 10.7. The Morgan fingerprint density at radius 1 is 1.18 bits per heavy atom. The highest BCUT2D eigenvalue weighted by Crippen LogP contribution is 2.45. The van der Waals surface area contributed by atoms with E-state index in [2.05, 4.69) is 21.8 Å². The number of hydrogen-bond donors (Lipinski definition) is 3. The number of nitrogens with zero attached hydrogens (tertiary/aromatic N) is 2. The zero-order valence-corrected chi connectivity index (χ0v) is 21.6. The number of carbonyl (C=O) groups is 1. The Morgan fingerprint density at radius 2 is 1.89 bits per heavy atom. The summed E-state index contributed by atoms with van der Waals surface area (Å²) in [7, 11) is 0. The first-order valence-corrected chi connectivity index (χ1v) is 13.1. The smallest absolute Gasteiger partial charge is 0.217 e. The van der Waals surface area contributed by atoms with E-state index in [1.165, 1.54) is 12.1 Å². The normalized spacial score (nSPS) is 19.8. The fraction of sp³-hybridized carbons (Fsp3) is 0.414. The fourth-order valence-electron chi connectivity index (χ4n) is 5.93. The molecule has 0 unspecified atom stereocenters. The Balaban J connectivity index is 1.50. The second-order valence-corrected chi connectivity index (χ2v) is 10.5. The molecule has 0 saturated carbocycles. The van der Waals surface area contributed by atoms with E-state index in [1.54, 1.807) is 0 Å². The van der Waals surface area contributed by atoms with Crippen LogP contribution in [0.3, 0.4) is 0 Å². The van der Waals surface area contributed by atoms with E-state index in [0.29, 0.717) is 50.3 Å². The van der Waals surface area contributed by atoms with Crippen molar-refractivity contribution < 1.29 is 18.0 Å². The van der Waals surface area contributed by atoms with Gasteiger partial charge in [0.25, 0.3) is 0 Å². The Kier molecular flexibility index (Phi) is 7.38. The summed E-state index contributed by atoms with van der Waals surface area (Å²) in [6.07, 6.45) is 1.55. The number of allylic oxidation sites excluding steroid dienone is 1. The van der Waals surface area contributed by atoms with E-state index in [4.69, 9.17) is 5.73 Å². The number of aromatic amines is 1. The lowest BCUT2D eigenvalue weighted by Gasteiger charge is -2.44. The number of amides is 1. The summed E-state index contributed by atoms with van der Waals surface area (Å²) in [5.41, 5.74) is 8.96. The molecule has 0 bridgehead atoms. The van der Waals surface area contributed by atoms with Crippen molar-refractivity contribution >= 4 is 22.5 Å². The Bertz CT molecular complexity index is 1330. The summed E-state index contributed by atoms with van der Waals surface area (Å²) in [5, 5.41) is 4.24. The molecule has 38 heavy (non-hydrogen) atoms. The van der Waals surface area contributed by atoms with Gasteiger partial charge in [-0.2, -0.15) is 0 Å². The van der Waals surface area contributed by atoms with E-state index >= 15 is 8.78 Å². The number of carbonyl (C=O) groups excluding carboxylic acids is 1. The molecule has 1 fully saturated rings. The van der Waals surface area contributed by atoms with Gasteiger partial charge < -0.3 is 20.9 Å². The Morgan fingerprint density at radius 3 is 2.58 bits per heavy atom. The van der Waals surface area contributed by atoms with Crippen LogP contribution < -0.4 is 11.1 Å². The number of aromatic nitrogens is 1. The number of nitrogens with two attached hydrogens (primary N) is 1. The van der Waals surface area contributed by atoms with Gasteiger partial charge in [-0.25, -0.2) is 8.78 Å². The second-order valence-electron chi connectivity index (χ2n) is 10.5. The van der Waals surface area contributed by atoms with Gasteiger partial charge in [0.2, 0.25) is 5.91 Å². The van der Waals surface area contributed by atoms with Crippen LogP contribution >= 0.6 is 0 Å². The van der Waals surface area contributed by atoms with E-state index in [1.807, 2.05) is 36.1 Å². The number of halogens is 3. The lowest BCUT2D eigenvalue weighted by Crippen LogP contribution is -2.54. The number of hydrogen-bond acceptors (Lipinski definition) is 4. The minimum absolute atomic E-state index is 0.0550. The van der Waals surface area contributed by atoms with Crippen LogP contribution in [0.25, 0.3) is 10.9 Å². The average Bonchev–Trinajstić information content (AvgIpc) is 3.21. The van der Waals surface area contributed by atoms with Gasteiger partial charge >= 0.3 is 0 Å². The number of benzene rings is 2. The summed E-state index contributed by atoms with van der Waals surface area (Å²) < 4.78 is 44.1. The van der Waals surface area contributed by atoms with Crippen molar-refractivity contribution in [3.63, 3.8) is 0 Å². The van der Waals surface area contributed by atoms with Crippen LogP contribution in [-0.2, 0) is 11.2 Å². The highest BCUT2D eigenvalue weighted by Gasteiger charge is 2.39. The van der Waals surface area contributed by atoms with Crippen LogP contribution in [0.1, 0.15) is 49.0 Å². The molecule has 3 heterocycles. The van der Waals surface area contributed by atoms with Gasteiger partial charge in [-0.3, -0.25) is 14.1 Å². The predicted molar refractivity (Wildman–Crippen MR) is 144 cm³/mol. The predicted octanol–water partition coefficient (Wildman–Crippen LogP) is 5.02. The number of rotatable bonds is 10. The number of H-pyrrole nitrogens is 1. The maximum absolute atomic E-state index is 15.9. The molecule has 4 N–H and O–H groups in total. The van der Waals surface area contributed by atoms with Crippen molar-refractivity contribution in [1.29, 1.82) is 0 Å². The maximum atomic E-state index is 15.9. The highest BCUT2D eigenvalue weighted by molar-refractivity contribution is 5.85. The van der Waals surface area contributed by atoms with Gasteiger partial charge in [-0.1, -0.05) is 24.8 Å². The van der Waals surface area contributed by atoms with Gasteiger partial charge in [-0.05, 0) is 49.9 Å². The first-order valence-electron chi connectivity index (χ1n) is 13.1. The third-order valence-corrected chi connectivity index (χ3v) is 7.69. The zero-order valence-electron chi connectivity index (χ0n) is 21.6. The van der Waals surface area contributed by atoms with E-state index in [0.717, 1.165) is 22.2 Å². The van der Waals surface area contributed by atoms with Gasteiger partial charge in [0, 0.05) is 60.1 Å². The van der Waals surface area contributed by atoms with Crippen LogP contribution in [0.5, 0.6) is 0 Å². The standard InChI is InChI=1S/C29H34F3N5O/c1-17(8-9-26(33)38)37-18(2)12-22-21-6-3-4-7-25(21)35-28(22)29(37)27-23(31)13-19(14-24(27)32)34-20-15-36(16-20)11-5-10-30/h3-4,6-7,13-14,18,20,29,34-35H,1,5,8-12,15-16H2,2H3,(H2,33,38)/t18-,29-/m1/s1. The number of alkyl halides is 1. The molecule has 0 spiro atoms. The molecular weight excluding hydrogens is 491 g/mol. The topological polar surface area (TPSA) is 77.4 Å². The van der Waals surface area contributed by atoms with Crippen LogP contribution in [-0.4, -0.2) is 59.1 Å². The maximum Gasteiger partial charge on any atom is 0.217 e. The van der Waals surface area contributed by atoms with Gasteiger partial charge in [0.05, 0.1) is 18.3 Å². The number of nitrogens with one attached hydrogen (secondary N) is 2. The molecule has 1 saturated heterocycles. The van der Waals surface area contributed by atoms with E-state index in [9.17, 15) is 9.18 Å². The summed E-state index contributed by atoms with van der Waals surface area (Å²) in [6, 6.07) is 9.69. The molecule has 0 radical (unpaired) electrons. The van der Waals surface area contributed by atoms with Crippen molar-refractivity contribution in [2.24, 2.45) is 5.73 Å². The lowest BCUT2D eigenvalue weighted by atomic mass is 9.87. The number of primary amides is 1. The molecule has 1 amide bonds. The first kappa shape index (κ1) is 26.2. The molecular formula is C29H34F3N5O. The van der Waals surface area contributed by atoms with E-state index < -0.39 is 23.6 Å². The summed E-state index contributed by atoms with van der Waals surface area (Å²) in [6.45, 7) is 7.93. The minimum atomic E-state index is -0.782. The summed E-state index contributed by atoms with van der Waals surface area (Å²) >= 11 is 0. The van der Waals surface area contributed by atoms with Gasteiger partial charge in [0.1, 0.15) is 17.7 Å². The molecule has 6 nitrogen and oxygen atoms in total. The van der Waals surface area contributed by atoms with Crippen LogP contribution in [0.15, 0.2) is 48.7 Å². The molecule has 2 aliphatic rings. The van der Waals surface area contributed by atoms with E-state index in [-0.39, 0.29) is 30.7 Å². The van der Waals surface area contributed by atoms with Crippen molar-refractivity contribution in [2.75, 3.05) is 31.6 Å². The highest BCUT2D eigenvalue weighted by atomic mass is 19.1. The molecule has 2 aliphatic heterocycles. The summed E-state index contributed by atoms with van der Waals surface area (Å²) in [4.78, 5) is 18.9. The SMILES string of the molecule is C=C(CCC(N)=O)N1[C@H](c2c(F)cc(NC3CN(CCCF)C3)cc2F)c2[nH]c3ccccc3c2C[C@H]1C. The molecule has 2 atom stereocenters. The quantitative estimate of drug-likeness (QED) is 0.348. The van der Waals surface area contributed by atoms with Crippen molar-refractivity contribution in [1.82, 2.24) is 14.8 Å². The number of likely N-dealkylation sites (tertiary alicyclic amines) is 1. The van der Waals surface area contributed by atoms with Gasteiger partial charge in [0.15, 0.2) is 0 Å². The largest absolute Gasteiger partial charge is 0.380 e. The number of para-hydroxylation sites is 1. The average molecular weight is 526 g/mol. The third kappa shape index (κ3) is 4.99. The lowest BCUT2D eigenvalue weighted by molar-refractivity contribution is -0.118. The monoisotopic (exact) mass is 525 g/mol. The summed E-state index contributed by atoms with van der Waals surface area (Å²) in [5.74, 6) is -1.76. The van der Waals surface area contributed by atoms with Crippen molar-refractivity contribution in [3.8, 4) is 0 Å². The molecule has 202 valence electrons. The molecule has 0 aliphatic carbocycles. The van der Waals surface area contributed by atoms with Crippen molar-refractivity contribution in [3.05, 3.63) is 77.1 Å². The Hall–Kier alpha value is -3.46. The molecule has 9 heteroatoms. The zero-order chi connectivity index (χ0) is 27.0.